The first-order valence-corrected chi connectivity index (χ1v) is 7.37. The van der Waals surface area contributed by atoms with Gasteiger partial charge in [-0.15, -0.1) is 0 Å². The number of nitrogen functional groups attached to an aromatic ring is 1. The first-order valence-electron chi connectivity index (χ1n) is 4.28. The maximum atomic E-state index is 11.5. The highest BCUT2D eigenvalue weighted by Crippen LogP contribution is 2.22. The Morgan fingerprint density at radius 2 is 1.81 bits per heavy atom. The quantitative estimate of drug-likeness (QED) is 0.600. The van der Waals surface area contributed by atoms with E-state index in [1.807, 2.05) is 0 Å². The maximum absolute atomic E-state index is 11.5. The first kappa shape index (κ1) is 12.9. The standard InChI is InChI=1S/C8H11NO5S2/c1-2-15(10,11)6-3-4-7(9)8(5-6)16(12,13)14/h3-5H,2,9H2,1H3,(H,12,13,14). The Hall–Kier alpha value is -1.12. The van der Waals surface area contributed by atoms with Gasteiger partial charge in [-0.25, -0.2) is 8.42 Å². The second kappa shape index (κ2) is 4.04. The third-order valence-corrected chi connectivity index (χ3v) is 4.64. The SMILES string of the molecule is CCS(=O)(=O)c1ccc(N)c(S(=O)(=O)O)c1. The Morgan fingerprint density at radius 1 is 1.25 bits per heavy atom. The minimum Gasteiger partial charge on any atom is -0.398 e. The largest absolute Gasteiger partial charge is 0.398 e. The second-order valence-corrected chi connectivity index (χ2v) is 6.75. The van der Waals surface area contributed by atoms with E-state index >= 15 is 0 Å². The molecule has 8 heteroatoms. The molecule has 0 saturated heterocycles. The predicted octanol–water partition coefficient (Wildman–Crippen LogP) is 0.309. The summed E-state index contributed by atoms with van der Waals surface area (Å²) in [5, 5.41) is 0. The molecule has 0 aromatic heterocycles. The molecule has 0 fully saturated rings. The molecule has 1 aromatic rings. The van der Waals surface area contributed by atoms with Gasteiger partial charge in [0, 0.05) is 0 Å². The lowest BCUT2D eigenvalue weighted by Crippen LogP contribution is -2.08. The highest BCUT2D eigenvalue weighted by Gasteiger charge is 2.19. The molecule has 0 aliphatic heterocycles. The second-order valence-electron chi connectivity index (χ2n) is 3.08. The van der Waals surface area contributed by atoms with E-state index in [2.05, 4.69) is 0 Å². The van der Waals surface area contributed by atoms with Crippen molar-refractivity contribution in [3.63, 3.8) is 0 Å². The molecule has 0 heterocycles. The fourth-order valence-electron chi connectivity index (χ4n) is 1.10. The molecular formula is C8H11NO5S2. The van der Waals surface area contributed by atoms with Crippen LogP contribution in [0.4, 0.5) is 5.69 Å². The summed E-state index contributed by atoms with van der Waals surface area (Å²) in [4.78, 5) is -0.779. The Labute approximate surface area is 93.8 Å². The van der Waals surface area contributed by atoms with E-state index in [1.165, 1.54) is 13.0 Å². The van der Waals surface area contributed by atoms with Crippen LogP contribution in [-0.2, 0) is 20.0 Å². The topological polar surface area (TPSA) is 115 Å². The third kappa shape index (κ3) is 2.52. The molecule has 0 aliphatic carbocycles. The molecule has 0 aliphatic rings. The molecule has 0 unspecified atom stereocenters. The highest BCUT2D eigenvalue weighted by molar-refractivity contribution is 7.91. The average Bonchev–Trinajstić information content (AvgIpc) is 2.16. The molecule has 0 spiro atoms. The summed E-state index contributed by atoms with van der Waals surface area (Å²) in [6.45, 7) is 1.43. The van der Waals surface area contributed by atoms with E-state index < -0.39 is 24.9 Å². The van der Waals surface area contributed by atoms with Gasteiger partial charge in [0.1, 0.15) is 4.90 Å². The van der Waals surface area contributed by atoms with Crippen molar-refractivity contribution in [2.24, 2.45) is 0 Å². The van der Waals surface area contributed by atoms with Crippen molar-refractivity contribution < 1.29 is 21.4 Å². The van der Waals surface area contributed by atoms with Crippen LogP contribution < -0.4 is 5.73 Å². The summed E-state index contributed by atoms with van der Waals surface area (Å²) in [7, 11) is -8.04. The molecule has 90 valence electrons. The maximum Gasteiger partial charge on any atom is 0.296 e. The van der Waals surface area contributed by atoms with Crippen molar-refractivity contribution in [2.75, 3.05) is 11.5 Å². The van der Waals surface area contributed by atoms with E-state index in [0.717, 1.165) is 12.1 Å². The van der Waals surface area contributed by atoms with Gasteiger partial charge in [0.05, 0.1) is 16.3 Å². The van der Waals surface area contributed by atoms with Crippen LogP contribution in [0.1, 0.15) is 6.92 Å². The lowest BCUT2D eigenvalue weighted by molar-refractivity contribution is 0.483. The molecule has 3 N–H and O–H groups in total. The number of anilines is 1. The van der Waals surface area contributed by atoms with Crippen LogP contribution in [0.25, 0.3) is 0 Å². The Kier molecular flexibility index (Phi) is 3.27. The van der Waals surface area contributed by atoms with Crippen LogP contribution >= 0.6 is 0 Å². The fourth-order valence-corrected chi connectivity index (χ4v) is 2.72. The van der Waals surface area contributed by atoms with Gasteiger partial charge >= 0.3 is 0 Å². The predicted molar refractivity (Wildman–Crippen MR) is 58.4 cm³/mol. The average molecular weight is 265 g/mol. The van der Waals surface area contributed by atoms with Gasteiger partial charge in [-0.3, -0.25) is 4.55 Å². The van der Waals surface area contributed by atoms with Crippen molar-refractivity contribution in [2.45, 2.75) is 16.7 Å². The molecular weight excluding hydrogens is 254 g/mol. The van der Waals surface area contributed by atoms with Crippen molar-refractivity contribution >= 4 is 25.6 Å². The smallest absolute Gasteiger partial charge is 0.296 e. The van der Waals surface area contributed by atoms with Crippen LogP contribution in [0.3, 0.4) is 0 Å². The molecule has 0 saturated carbocycles. The number of benzene rings is 1. The summed E-state index contributed by atoms with van der Waals surface area (Å²) in [6.07, 6.45) is 0. The van der Waals surface area contributed by atoms with Crippen molar-refractivity contribution in [3.05, 3.63) is 18.2 Å². The Balaban J connectivity index is 3.53. The van der Waals surface area contributed by atoms with E-state index in [9.17, 15) is 16.8 Å². The number of rotatable bonds is 3. The summed E-state index contributed by atoms with van der Waals surface area (Å²) in [5.74, 6) is -0.165. The zero-order valence-electron chi connectivity index (χ0n) is 8.41. The van der Waals surface area contributed by atoms with E-state index in [-0.39, 0.29) is 16.3 Å². The lowest BCUT2D eigenvalue weighted by Gasteiger charge is -2.05. The summed E-state index contributed by atoms with van der Waals surface area (Å²) >= 11 is 0. The lowest BCUT2D eigenvalue weighted by atomic mass is 10.3. The van der Waals surface area contributed by atoms with Gasteiger partial charge in [-0.2, -0.15) is 8.42 Å². The zero-order valence-corrected chi connectivity index (χ0v) is 10.0. The monoisotopic (exact) mass is 265 g/mol. The minimum atomic E-state index is -4.51. The number of nitrogens with two attached hydrogens (primary N) is 1. The fraction of sp³-hybridized carbons (Fsp3) is 0.250. The van der Waals surface area contributed by atoms with Crippen LogP contribution in [0, 0.1) is 0 Å². The van der Waals surface area contributed by atoms with Crippen LogP contribution in [0.2, 0.25) is 0 Å². The summed E-state index contributed by atoms with van der Waals surface area (Å²) in [5.41, 5.74) is 5.13. The number of sulfone groups is 1. The molecule has 0 radical (unpaired) electrons. The van der Waals surface area contributed by atoms with E-state index in [1.54, 1.807) is 0 Å². The number of hydrogen-bond donors (Lipinski definition) is 2. The summed E-state index contributed by atoms with van der Waals surface area (Å²) in [6, 6.07) is 3.18. The van der Waals surface area contributed by atoms with Gasteiger partial charge in [-0.05, 0) is 18.2 Å². The van der Waals surface area contributed by atoms with Crippen molar-refractivity contribution in [1.29, 1.82) is 0 Å². The third-order valence-electron chi connectivity index (χ3n) is 2.00. The Morgan fingerprint density at radius 3 is 2.25 bits per heavy atom. The molecule has 1 rings (SSSR count). The highest BCUT2D eigenvalue weighted by atomic mass is 32.2. The van der Waals surface area contributed by atoms with Gasteiger partial charge in [0.2, 0.25) is 0 Å². The Bertz CT molecular complexity index is 603. The van der Waals surface area contributed by atoms with Gasteiger partial charge in [-0.1, -0.05) is 6.92 Å². The molecule has 0 bridgehead atoms. The molecule has 0 atom stereocenters. The van der Waals surface area contributed by atoms with Crippen LogP contribution in [0.5, 0.6) is 0 Å². The molecule has 6 nitrogen and oxygen atoms in total. The van der Waals surface area contributed by atoms with Gasteiger partial charge < -0.3 is 5.73 Å². The van der Waals surface area contributed by atoms with E-state index in [4.69, 9.17) is 10.3 Å². The minimum absolute atomic E-state index is 0.165. The van der Waals surface area contributed by atoms with Crippen LogP contribution in [-0.4, -0.2) is 27.1 Å². The first-order chi connectivity index (χ1) is 7.18. The zero-order chi connectivity index (χ0) is 12.6. The normalized spacial score (nSPS) is 12.6. The molecule has 16 heavy (non-hydrogen) atoms. The van der Waals surface area contributed by atoms with Crippen molar-refractivity contribution in [3.8, 4) is 0 Å². The van der Waals surface area contributed by atoms with Crippen LogP contribution in [0.15, 0.2) is 28.0 Å². The molecule has 1 aromatic carbocycles. The number of hydrogen-bond acceptors (Lipinski definition) is 5. The van der Waals surface area contributed by atoms with E-state index in [0.29, 0.717) is 0 Å². The van der Waals surface area contributed by atoms with Gasteiger partial charge in [0.25, 0.3) is 10.1 Å². The molecule has 0 amide bonds. The summed E-state index contributed by atoms with van der Waals surface area (Å²) < 4.78 is 53.6. The van der Waals surface area contributed by atoms with Crippen molar-refractivity contribution in [1.82, 2.24) is 0 Å². The van der Waals surface area contributed by atoms with Gasteiger partial charge in [0.15, 0.2) is 9.84 Å².